The summed E-state index contributed by atoms with van der Waals surface area (Å²) in [7, 11) is 0. The van der Waals surface area contributed by atoms with E-state index >= 15 is 0 Å². The van der Waals surface area contributed by atoms with Gasteiger partial charge in [0.15, 0.2) is 0 Å². The van der Waals surface area contributed by atoms with Crippen LogP contribution in [0.2, 0.25) is 0 Å². The number of para-hydroxylation sites is 1. The first-order valence-electron chi connectivity index (χ1n) is 20.1. The average Bonchev–Trinajstić information content (AvgIpc) is 3.88. The van der Waals surface area contributed by atoms with Gasteiger partial charge in [-0.3, -0.25) is 0 Å². The third kappa shape index (κ3) is 4.52. The number of hydrogen-bond acceptors (Lipinski definition) is 2. The lowest BCUT2D eigenvalue weighted by atomic mass is 9.81. The molecule has 0 unspecified atom stereocenters. The summed E-state index contributed by atoms with van der Waals surface area (Å²) < 4.78 is 4.34. The molecule has 59 heavy (non-hydrogen) atoms. The molecule has 0 spiro atoms. The molecule has 12 rings (SSSR count). The highest BCUT2D eigenvalue weighted by Crippen LogP contribution is 2.50. The number of benzene rings is 9. The third-order valence-electron chi connectivity index (χ3n) is 13.0. The largest absolute Gasteiger partial charge is 0.308 e. The van der Waals surface area contributed by atoms with E-state index in [0.29, 0.717) is 22.5 Å². The monoisotopic (exact) mass is 750 g/mol. The minimum atomic E-state index is -0.108. The van der Waals surface area contributed by atoms with Gasteiger partial charge in [-0.1, -0.05) is 135 Å². The fraction of sp³-hybridized carbons (Fsp3) is 0.0545. The molecule has 0 amide bonds. The average molecular weight is 751 g/mol. The maximum Gasteiger partial charge on any atom is 0.101 e. The second-order valence-corrected chi connectivity index (χ2v) is 16.3. The number of aromatic nitrogens is 2. The standard InChI is InChI=1S/C55H34N4/c1-55(2)45-17-9-7-15-41(45)42-23-19-36(28-46(42)55)35-22-24-48-44(27-35)54-40-14-6-4-12-34(40)21-26-50(54)59(48)52-30-37(31-56)51(29-38(52)32-57)58-47-18-10-8-16-43(47)53-39-13-5-3-11-33(39)20-25-49(53)58/h3-30H,1-2H3. The van der Waals surface area contributed by atoms with E-state index in [-0.39, 0.29) is 5.41 Å². The fourth-order valence-corrected chi connectivity index (χ4v) is 10.2. The molecule has 4 nitrogen and oxygen atoms in total. The topological polar surface area (TPSA) is 57.4 Å². The lowest BCUT2D eigenvalue weighted by molar-refractivity contribution is 0.660. The molecule has 2 heterocycles. The number of nitriles is 2. The van der Waals surface area contributed by atoms with Crippen LogP contribution in [0.25, 0.3) is 98.8 Å². The molecule has 2 aromatic heterocycles. The molecule has 0 atom stereocenters. The minimum absolute atomic E-state index is 0.108. The molecule has 1 aliphatic rings. The van der Waals surface area contributed by atoms with E-state index in [4.69, 9.17) is 0 Å². The summed E-state index contributed by atoms with van der Waals surface area (Å²) in [6, 6.07) is 65.1. The Kier molecular flexibility index (Phi) is 6.79. The van der Waals surface area contributed by atoms with Crippen molar-refractivity contribution in [3.8, 4) is 45.8 Å². The quantitative estimate of drug-likeness (QED) is 0.181. The van der Waals surface area contributed by atoms with Gasteiger partial charge >= 0.3 is 0 Å². The summed E-state index contributed by atoms with van der Waals surface area (Å²) in [6.07, 6.45) is 0. The lowest BCUT2D eigenvalue weighted by Crippen LogP contribution is -2.14. The summed E-state index contributed by atoms with van der Waals surface area (Å²) in [5, 5.41) is 31.0. The second kappa shape index (κ2) is 12.0. The maximum atomic E-state index is 11.0. The third-order valence-corrected chi connectivity index (χ3v) is 13.0. The first-order chi connectivity index (χ1) is 28.9. The predicted octanol–water partition coefficient (Wildman–Crippen LogP) is 13.9. The van der Waals surface area contributed by atoms with E-state index in [2.05, 4.69) is 187 Å². The lowest BCUT2D eigenvalue weighted by Gasteiger charge is -2.22. The fourth-order valence-electron chi connectivity index (χ4n) is 10.2. The van der Waals surface area contributed by atoms with Gasteiger partial charge in [0.2, 0.25) is 0 Å². The Hall–Kier alpha value is -7.92. The van der Waals surface area contributed by atoms with Gasteiger partial charge in [0.05, 0.1) is 44.6 Å². The van der Waals surface area contributed by atoms with Gasteiger partial charge < -0.3 is 9.13 Å². The Morgan fingerprint density at radius 3 is 1.56 bits per heavy atom. The van der Waals surface area contributed by atoms with Crippen LogP contribution in [0.4, 0.5) is 0 Å². The van der Waals surface area contributed by atoms with E-state index in [0.717, 1.165) is 70.7 Å². The van der Waals surface area contributed by atoms with Crippen LogP contribution >= 0.6 is 0 Å². The zero-order valence-electron chi connectivity index (χ0n) is 32.5. The first kappa shape index (κ1) is 33.2. The Labute approximate surface area is 340 Å². The van der Waals surface area contributed by atoms with Crippen molar-refractivity contribution in [2.75, 3.05) is 0 Å². The van der Waals surface area contributed by atoms with Crippen LogP contribution in [-0.4, -0.2) is 9.13 Å². The van der Waals surface area contributed by atoms with E-state index < -0.39 is 0 Å². The summed E-state index contributed by atoms with van der Waals surface area (Å²) in [4.78, 5) is 0. The Morgan fingerprint density at radius 1 is 0.407 bits per heavy atom. The van der Waals surface area contributed by atoms with Crippen LogP contribution in [0, 0.1) is 22.7 Å². The van der Waals surface area contributed by atoms with Crippen molar-refractivity contribution in [2.45, 2.75) is 19.3 Å². The molecular weight excluding hydrogens is 717 g/mol. The molecular formula is C55H34N4. The maximum absolute atomic E-state index is 11.0. The molecule has 0 fully saturated rings. The summed E-state index contributed by atoms with van der Waals surface area (Å²) in [6.45, 7) is 4.64. The van der Waals surface area contributed by atoms with Gasteiger partial charge in [-0.25, -0.2) is 0 Å². The van der Waals surface area contributed by atoms with Gasteiger partial charge in [-0.15, -0.1) is 0 Å². The van der Waals surface area contributed by atoms with Gasteiger partial charge in [0, 0.05) is 27.0 Å². The van der Waals surface area contributed by atoms with Crippen molar-refractivity contribution in [1.29, 1.82) is 10.5 Å². The van der Waals surface area contributed by atoms with Gasteiger partial charge in [0.1, 0.15) is 12.1 Å². The van der Waals surface area contributed by atoms with Crippen LogP contribution in [-0.2, 0) is 5.41 Å². The van der Waals surface area contributed by atoms with E-state index in [1.807, 2.05) is 18.2 Å². The molecule has 4 heteroatoms. The van der Waals surface area contributed by atoms with E-state index in [1.54, 1.807) is 0 Å². The minimum Gasteiger partial charge on any atom is -0.308 e. The van der Waals surface area contributed by atoms with Crippen molar-refractivity contribution in [3.63, 3.8) is 0 Å². The van der Waals surface area contributed by atoms with Crippen LogP contribution in [0.15, 0.2) is 170 Å². The smallest absolute Gasteiger partial charge is 0.101 e. The van der Waals surface area contributed by atoms with Crippen molar-refractivity contribution in [3.05, 3.63) is 192 Å². The molecule has 0 saturated heterocycles. The summed E-state index contributed by atoms with van der Waals surface area (Å²) in [5.74, 6) is 0. The Morgan fingerprint density at radius 2 is 0.898 bits per heavy atom. The van der Waals surface area contributed by atoms with Crippen LogP contribution in [0.5, 0.6) is 0 Å². The van der Waals surface area contributed by atoms with Crippen molar-refractivity contribution in [2.24, 2.45) is 0 Å². The van der Waals surface area contributed by atoms with Gasteiger partial charge in [-0.2, -0.15) is 10.5 Å². The predicted molar refractivity (Wildman–Crippen MR) is 243 cm³/mol. The number of rotatable bonds is 3. The van der Waals surface area contributed by atoms with Crippen LogP contribution < -0.4 is 0 Å². The number of fused-ring (bicyclic) bond motifs is 13. The molecule has 0 radical (unpaired) electrons. The highest BCUT2D eigenvalue weighted by Gasteiger charge is 2.35. The molecule has 0 saturated carbocycles. The molecule has 1 aliphatic carbocycles. The number of nitrogens with zero attached hydrogens (tertiary/aromatic N) is 4. The van der Waals surface area contributed by atoms with Crippen molar-refractivity contribution in [1.82, 2.24) is 9.13 Å². The zero-order chi connectivity index (χ0) is 39.6. The molecule has 0 N–H and O–H groups in total. The molecule has 11 aromatic rings. The van der Waals surface area contributed by atoms with Crippen LogP contribution in [0.3, 0.4) is 0 Å². The van der Waals surface area contributed by atoms with Gasteiger partial charge in [-0.05, 0) is 103 Å². The SMILES string of the molecule is CC1(C)c2ccccc2-c2ccc(-c3ccc4c(c3)c3c5ccccc5ccc3n4-c3cc(C#N)c(-n4c5ccccc5c5c6ccccc6ccc54)cc3C#N)cc21. The zero-order valence-corrected chi connectivity index (χ0v) is 32.5. The van der Waals surface area contributed by atoms with Gasteiger partial charge in [0.25, 0.3) is 0 Å². The molecule has 274 valence electrons. The molecule has 9 aromatic carbocycles. The van der Waals surface area contributed by atoms with E-state index in [1.165, 1.54) is 27.8 Å². The van der Waals surface area contributed by atoms with Crippen LogP contribution in [0.1, 0.15) is 36.1 Å². The van der Waals surface area contributed by atoms with Crippen molar-refractivity contribution < 1.29 is 0 Å². The summed E-state index contributed by atoms with van der Waals surface area (Å²) in [5.41, 5.74) is 13.8. The summed E-state index contributed by atoms with van der Waals surface area (Å²) >= 11 is 0. The molecule has 0 bridgehead atoms. The highest BCUT2D eigenvalue weighted by atomic mass is 15.0. The first-order valence-corrected chi connectivity index (χ1v) is 20.1. The van der Waals surface area contributed by atoms with E-state index in [9.17, 15) is 10.5 Å². The number of hydrogen-bond donors (Lipinski definition) is 0. The molecule has 0 aliphatic heterocycles. The second-order valence-electron chi connectivity index (χ2n) is 16.3. The highest BCUT2D eigenvalue weighted by molar-refractivity contribution is 6.23. The Bertz CT molecular complexity index is 3730. The van der Waals surface area contributed by atoms with Crippen molar-refractivity contribution >= 4 is 65.2 Å². The normalized spacial score (nSPS) is 13.0. The Balaban J connectivity index is 1.10.